The third-order valence-corrected chi connectivity index (χ3v) is 5.62. The standard InChI is InChI=1S/C23H28FN7O2/c1-22(2)9-17(21(24)23(3,4)30-22)27-19-7-6-16(28-29-19)20-18(33-13-32)8-14(10-25-20)15-11-26-31(5)12-15/h6-8,10-13,17,21,30H,9H2,1-5H3,(H,27,29)/t17-,21-/m1/s1/i5D3. The van der Waals surface area contributed by atoms with Crippen molar-refractivity contribution in [3.8, 4) is 28.3 Å². The van der Waals surface area contributed by atoms with Gasteiger partial charge in [0.1, 0.15) is 23.4 Å². The lowest BCUT2D eigenvalue weighted by molar-refractivity contribution is -0.120. The van der Waals surface area contributed by atoms with E-state index >= 15 is 4.39 Å². The molecule has 10 heteroatoms. The summed E-state index contributed by atoms with van der Waals surface area (Å²) in [5.74, 6) is 0.524. The summed E-state index contributed by atoms with van der Waals surface area (Å²) >= 11 is 0. The van der Waals surface area contributed by atoms with Gasteiger partial charge in [0.05, 0.1) is 12.2 Å². The van der Waals surface area contributed by atoms with Gasteiger partial charge in [0.25, 0.3) is 6.47 Å². The Balaban J connectivity index is 1.57. The van der Waals surface area contributed by atoms with Crippen molar-refractivity contribution in [2.45, 2.75) is 57.4 Å². The van der Waals surface area contributed by atoms with Crippen LogP contribution >= 0.6 is 0 Å². The van der Waals surface area contributed by atoms with Crippen molar-refractivity contribution >= 4 is 12.3 Å². The summed E-state index contributed by atoms with van der Waals surface area (Å²) in [6.07, 6.45) is 3.64. The van der Waals surface area contributed by atoms with Crippen LogP contribution in [0.1, 0.15) is 38.2 Å². The Hall–Kier alpha value is -3.40. The summed E-state index contributed by atoms with van der Waals surface area (Å²) in [7, 11) is 0. The van der Waals surface area contributed by atoms with Crippen molar-refractivity contribution in [2.75, 3.05) is 5.32 Å². The van der Waals surface area contributed by atoms with E-state index in [0.29, 0.717) is 29.1 Å². The zero-order valence-corrected chi connectivity index (χ0v) is 18.8. The molecule has 0 spiro atoms. The monoisotopic (exact) mass is 456 g/mol. The van der Waals surface area contributed by atoms with Crippen LogP contribution in [-0.2, 0) is 11.8 Å². The number of anilines is 1. The maximum Gasteiger partial charge on any atom is 0.298 e. The van der Waals surface area contributed by atoms with Crippen LogP contribution in [0.2, 0.25) is 0 Å². The highest BCUT2D eigenvalue weighted by atomic mass is 19.1. The van der Waals surface area contributed by atoms with E-state index in [2.05, 4.69) is 30.9 Å². The lowest BCUT2D eigenvalue weighted by atomic mass is 9.78. The molecule has 1 aliphatic heterocycles. The highest BCUT2D eigenvalue weighted by molar-refractivity contribution is 5.72. The minimum atomic E-state index is -2.42. The number of halogens is 1. The van der Waals surface area contributed by atoms with Crippen LogP contribution in [0.25, 0.3) is 22.5 Å². The highest BCUT2D eigenvalue weighted by Crippen LogP contribution is 2.34. The Morgan fingerprint density at radius 1 is 1.27 bits per heavy atom. The number of alkyl halides is 1. The van der Waals surface area contributed by atoms with Gasteiger partial charge in [-0.05, 0) is 52.3 Å². The second-order valence-corrected chi connectivity index (χ2v) is 9.35. The summed E-state index contributed by atoms with van der Waals surface area (Å²) < 4.78 is 43.5. The first-order valence-corrected chi connectivity index (χ1v) is 10.5. The average Bonchev–Trinajstić information content (AvgIpc) is 3.28. The number of nitrogens with one attached hydrogen (secondary N) is 2. The number of hydrogen-bond acceptors (Lipinski definition) is 8. The molecule has 0 amide bonds. The normalized spacial score (nSPS) is 23.1. The van der Waals surface area contributed by atoms with Crippen LogP contribution in [0.5, 0.6) is 5.75 Å². The van der Waals surface area contributed by atoms with E-state index in [4.69, 9.17) is 8.85 Å². The summed E-state index contributed by atoms with van der Waals surface area (Å²) in [6, 6.07) is 4.39. The number of pyridine rings is 1. The van der Waals surface area contributed by atoms with E-state index in [0.717, 1.165) is 4.68 Å². The van der Waals surface area contributed by atoms with E-state index in [1.165, 1.54) is 18.6 Å². The lowest BCUT2D eigenvalue weighted by Gasteiger charge is -2.48. The number of piperidine rings is 1. The predicted molar refractivity (Wildman–Crippen MR) is 122 cm³/mol. The minimum Gasteiger partial charge on any atom is -0.426 e. The molecule has 4 rings (SSSR count). The van der Waals surface area contributed by atoms with Gasteiger partial charge < -0.3 is 15.4 Å². The predicted octanol–water partition coefficient (Wildman–Crippen LogP) is 3.14. The molecule has 33 heavy (non-hydrogen) atoms. The van der Waals surface area contributed by atoms with Crippen LogP contribution in [0.4, 0.5) is 10.2 Å². The molecule has 0 radical (unpaired) electrons. The summed E-state index contributed by atoms with van der Waals surface area (Å²) in [4.78, 5) is 15.5. The largest absolute Gasteiger partial charge is 0.426 e. The zero-order chi connectivity index (χ0) is 26.3. The third kappa shape index (κ3) is 4.85. The fourth-order valence-corrected chi connectivity index (χ4v) is 4.41. The van der Waals surface area contributed by atoms with Gasteiger partial charge in [-0.15, -0.1) is 10.2 Å². The average molecular weight is 457 g/mol. The van der Waals surface area contributed by atoms with Gasteiger partial charge >= 0.3 is 0 Å². The van der Waals surface area contributed by atoms with Crippen LogP contribution in [-0.4, -0.2) is 54.7 Å². The number of aryl methyl sites for hydroxylation is 1. The maximum atomic E-state index is 15.1. The number of nitrogens with zero attached hydrogens (tertiary/aromatic N) is 5. The quantitative estimate of drug-likeness (QED) is 0.545. The molecule has 0 bridgehead atoms. The highest BCUT2D eigenvalue weighted by Gasteiger charge is 2.46. The van der Waals surface area contributed by atoms with Crippen molar-refractivity contribution in [1.82, 2.24) is 30.3 Å². The molecule has 0 saturated carbocycles. The molecule has 1 fully saturated rings. The number of rotatable bonds is 6. The molecule has 1 aliphatic rings. The number of ether oxygens (including phenoxy) is 1. The first kappa shape index (κ1) is 19.1. The van der Waals surface area contributed by atoms with Crippen molar-refractivity contribution in [3.05, 3.63) is 36.8 Å². The molecule has 1 saturated heterocycles. The van der Waals surface area contributed by atoms with Crippen LogP contribution < -0.4 is 15.4 Å². The molecular weight excluding hydrogens is 425 g/mol. The second-order valence-electron chi connectivity index (χ2n) is 9.35. The number of carbonyl (C=O) groups excluding carboxylic acids is 1. The zero-order valence-electron chi connectivity index (χ0n) is 21.8. The van der Waals surface area contributed by atoms with Crippen molar-refractivity contribution < 1.29 is 18.0 Å². The lowest BCUT2D eigenvalue weighted by Crippen LogP contribution is -2.67. The van der Waals surface area contributed by atoms with Crippen molar-refractivity contribution in [3.63, 3.8) is 0 Å². The molecule has 0 aromatic carbocycles. The molecule has 9 nitrogen and oxygen atoms in total. The second kappa shape index (κ2) is 8.51. The van der Waals surface area contributed by atoms with E-state index in [1.807, 2.05) is 27.7 Å². The first-order chi connectivity index (χ1) is 16.8. The van der Waals surface area contributed by atoms with Gasteiger partial charge in [0.15, 0.2) is 5.75 Å². The Labute approximate surface area is 196 Å². The number of carbonyl (C=O) groups is 1. The fourth-order valence-electron chi connectivity index (χ4n) is 4.41. The van der Waals surface area contributed by atoms with Gasteiger partial charge in [-0.3, -0.25) is 9.48 Å². The minimum absolute atomic E-state index is 0.116. The van der Waals surface area contributed by atoms with Gasteiger partial charge in [-0.25, -0.2) is 9.37 Å². The van der Waals surface area contributed by atoms with Crippen LogP contribution in [0, 0.1) is 0 Å². The van der Waals surface area contributed by atoms with E-state index in [-0.39, 0.29) is 23.5 Å². The van der Waals surface area contributed by atoms with Crippen LogP contribution in [0.3, 0.4) is 0 Å². The van der Waals surface area contributed by atoms with E-state index in [1.54, 1.807) is 18.2 Å². The number of hydrogen-bond donors (Lipinski definition) is 2. The summed E-state index contributed by atoms with van der Waals surface area (Å²) in [5, 5.41) is 18.7. The Kier molecular flexibility index (Phi) is 4.93. The Morgan fingerprint density at radius 2 is 2.09 bits per heavy atom. The molecule has 2 N–H and O–H groups in total. The van der Waals surface area contributed by atoms with Gasteiger partial charge in [0, 0.05) is 45.7 Å². The molecule has 0 aliphatic carbocycles. The number of aromatic nitrogens is 5. The van der Waals surface area contributed by atoms with Gasteiger partial charge in [0.2, 0.25) is 0 Å². The molecular formula is C23H28FN7O2. The Bertz CT molecular complexity index is 1250. The fraction of sp³-hybridized carbons (Fsp3) is 0.435. The summed E-state index contributed by atoms with van der Waals surface area (Å²) in [5.41, 5.74) is 0.622. The van der Waals surface area contributed by atoms with Gasteiger partial charge in [-0.1, -0.05) is 0 Å². The summed E-state index contributed by atoms with van der Waals surface area (Å²) in [6.45, 7) is 5.58. The maximum absolute atomic E-state index is 15.1. The third-order valence-electron chi connectivity index (χ3n) is 5.62. The van der Waals surface area contributed by atoms with Crippen molar-refractivity contribution in [2.24, 2.45) is 6.98 Å². The molecule has 2 atom stereocenters. The molecule has 0 unspecified atom stereocenters. The molecule has 174 valence electrons. The Morgan fingerprint density at radius 3 is 2.76 bits per heavy atom. The topological polar surface area (TPSA) is 107 Å². The van der Waals surface area contributed by atoms with E-state index in [9.17, 15) is 4.79 Å². The van der Waals surface area contributed by atoms with E-state index < -0.39 is 24.7 Å². The first-order valence-electron chi connectivity index (χ1n) is 12.0. The van der Waals surface area contributed by atoms with Crippen LogP contribution in [0.15, 0.2) is 36.8 Å². The molecule has 3 aromatic rings. The SMILES string of the molecule is [2H]C([2H])([2H])n1cc(-c2cnc(-c3ccc(N[C@@H]4CC(C)(C)NC(C)(C)[C@@H]4F)nn3)c(OC=O)c2)cn1. The molecule has 4 heterocycles. The van der Waals surface area contributed by atoms with Gasteiger partial charge in [-0.2, -0.15) is 5.10 Å². The smallest absolute Gasteiger partial charge is 0.298 e. The molecule has 3 aromatic heterocycles. The van der Waals surface area contributed by atoms with Crippen molar-refractivity contribution in [1.29, 1.82) is 0 Å².